The minimum Gasteiger partial charge on any atom is -0.337 e. The van der Waals surface area contributed by atoms with E-state index >= 15 is 0 Å². The van der Waals surface area contributed by atoms with Crippen LogP contribution >= 0.6 is 0 Å². The zero-order chi connectivity index (χ0) is 13.8. The Bertz CT molecular complexity index is 430. The molecule has 1 aliphatic heterocycles. The van der Waals surface area contributed by atoms with Gasteiger partial charge in [-0.3, -0.25) is 14.8 Å². The number of aryl methyl sites for hydroxylation is 1. The number of likely N-dealkylation sites (tertiary alicyclic amines) is 1. The first kappa shape index (κ1) is 14.0. The van der Waals surface area contributed by atoms with Crippen LogP contribution in [-0.4, -0.2) is 63.6 Å². The molecule has 1 unspecified atom stereocenters. The van der Waals surface area contributed by atoms with Gasteiger partial charge in [-0.2, -0.15) is 0 Å². The monoisotopic (exact) mass is 265 g/mol. The third kappa shape index (κ3) is 3.12. The van der Waals surface area contributed by atoms with Gasteiger partial charge in [-0.25, -0.2) is 4.98 Å². The number of likely N-dealkylation sites (N-methyl/N-ethyl adjacent to an activating group) is 2. The summed E-state index contributed by atoms with van der Waals surface area (Å²) in [4.78, 5) is 20.6. The molecule has 2 rings (SSSR count). The van der Waals surface area contributed by atoms with Crippen LogP contribution in [0.3, 0.4) is 0 Å². The van der Waals surface area contributed by atoms with Gasteiger partial charge in [0, 0.05) is 26.1 Å². The van der Waals surface area contributed by atoms with Crippen molar-refractivity contribution in [1.82, 2.24) is 25.0 Å². The fourth-order valence-corrected chi connectivity index (χ4v) is 2.64. The molecule has 0 radical (unpaired) electrons. The summed E-state index contributed by atoms with van der Waals surface area (Å²) in [5.41, 5.74) is 0. The largest absolute Gasteiger partial charge is 0.337 e. The van der Waals surface area contributed by atoms with Gasteiger partial charge in [-0.15, -0.1) is 5.10 Å². The Balaban J connectivity index is 1.95. The first-order valence-corrected chi connectivity index (χ1v) is 7.06. The molecule has 0 aromatic carbocycles. The van der Waals surface area contributed by atoms with E-state index in [1.54, 1.807) is 4.90 Å². The van der Waals surface area contributed by atoms with Crippen molar-refractivity contribution in [3.8, 4) is 0 Å². The summed E-state index contributed by atoms with van der Waals surface area (Å²) < 4.78 is 0. The van der Waals surface area contributed by atoms with E-state index in [4.69, 9.17) is 0 Å². The number of aromatic amines is 1. The van der Waals surface area contributed by atoms with Crippen LogP contribution in [0.15, 0.2) is 0 Å². The van der Waals surface area contributed by atoms with E-state index in [0.29, 0.717) is 6.04 Å². The fraction of sp³-hybridized carbons (Fsp3) is 0.769. The topological polar surface area (TPSA) is 65.1 Å². The SMILES string of the molecule is CCc1nc(C(=O)N(C)CC2CCCN2CC)n[nH]1. The van der Waals surface area contributed by atoms with Crippen molar-refractivity contribution in [2.45, 2.75) is 39.2 Å². The second kappa shape index (κ2) is 6.14. The molecule has 0 bridgehead atoms. The lowest BCUT2D eigenvalue weighted by molar-refractivity contribution is 0.0743. The zero-order valence-corrected chi connectivity index (χ0v) is 12.0. The van der Waals surface area contributed by atoms with E-state index in [0.717, 1.165) is 31.9 Å². The highest BCUT2D eigenvalue weighted by Gasteiger charge is 2.26. The molecule has 0 saturated carbocycles. The lowest BCUT2D eigenvalue weighted by atomic mass is 10.2. The van der Waals surface area contributed by atoms with E-state index in [1.165, 1.54) is 12.8 Å². The number of rotatable bonds is 5. The predicted octanol–water partition coefficient (Wildman–Crippen LogP) is 0.923. The zero-order valence-electron chi connectivity index (χ0n) is 12.0. The Morgan fingerprint density at radius 3 is 2.95 bits per heavy atom. The highest BCUT2D eigenvalue weighted by molar-refractivity contribution is 5.90. The number of aromatic nitrogens is 3. The van der Waals surface area contributed by atoms with E-state index < -0.39 is 0 Å². The van der Waals surface area contributed by atoms with Crippen LogP contribution in [0, 0.1) is 0 Å². The summed E-state index contributed by atoms with van der Waals surface area (Å²) in [5, 5.41) is 6.77. The van der Waals surface area contributed by atoms with Crippen molar-refractivity contribution >= 4 is 5.91 Å². The molecule has 19 heavy (non-hydrogen) atoms. The number of H-pyrrole nitrogens is 1. The van der Waals surface area contributed by atoms with Crippen LogP contribution in [0.1, 0.15) is 43.1 Å². The molecule has 106 valence electrons. The van der Waals surface area contributed by atoms with Gasteiger partial charge >= 0.3 is 0 Å². The van der Waals surface area contributed by atoms with Crippen molar-refractivity contribution in [2.24, 2.45) is 0 Å². The average Bonchev–Trinajstić information content (AvgIpc) is 3.06. The van der Waals surface area contributed by atoms with Crippen molar-refractivity contribution in [2.75, 3.05) is 26.7 Å². The molecule has 0 aliphatic carbocycles. The quantitative estimate of drug-likeness (QED) is 0.860. The molecule has 1 fully saturated rings. The first-order chi connectivity index (χ1) is 9.15. The summed E-state index contributed by atoms with van der Waals surface area (Å²) in [5.74, 6) is 0.937. The van der Waals surface area contributed by atoms with E-state index in [9.17, 15) is 4.79 Å². The number of nitrogens with zero attached hydrogens (tertiary/aromatic N) is 4. The molecule has 6 nitrogen and oxygen atoms in total. The van der Waals surface area contributed by atoms with Crippen LogP contribution in [0.2, 0.25) is 0 Å². The molecular weight excluding hydrogens is 242 g/mol. The number of hydrogen-bond donors (Lipinski definition) is 1. The number of amides is 1. The van der Waals surface area contributed by atoms with Gasteiger partial charge in [0.05, 0.1) is 0 Å². The predicted molar refractivity (Wildman–Crippen MR) is 73.0 cm³/mol. The molecule has 0 spiro atoms. The summed E-state index contributed by atoms with van der Waals surface area (Å²) in [6.07, 6.45) is 3.15. The lowest BCUT2D eigenvalue weighted by Gasteiger charge is -2.27. The summed E-state index contributed by atoms with van der Waals surface area (Å²) in [6, 6.07) is 0.475. The van der Waals surface area contributed by atoms with E-state index in [2.05, 4.69) is 27.0 Å². The standard InChI is InChI=1S/C13H23N5O/c1-4-11-14-12(16-15-11)13(19)17(3)9-10-7-6-8-18(10)5-2/h10H,4-9H2,1-3H3,(H,14,15,16). The van der Waals surface area contributed by atoms with Crippen LogP contribution in [0.4, 0.5) is 0 Å². The maximum absolute atomic E-state index is 12.2. The van der Waals surface area contributed by atoms with Crippen molar-refractivity contribution in [1.29, 1.82) is 0 Å². The minimum atomic E-state index is -0.0982. The first-order valence-electron chi connectivity index (χ1n) is 7.06. The van der Waals surface area contributed by atoms with Crippen molar-refractivity contribution in [3.63, 3.8) is 0 Å². The van der Waals surface area contributed by atoms with Gasteiger partial charge in [0.1, 0.15) is 5.82 Å². The Labute approximate surface area is 114 Å². The minimum absolute atomic E-state index is 0.0982. The van der Waals surface area contributed by atoms with Crippen molar-refractivity contribution < 1.29 is 4.79 Å². The Kier molecular flexibility index (Phi) is 4.52. The molecule has 1 atom stereocenters. The van der Waals surface area contributed by atoms with Gasteiger partial charge < -0.3 is 4.90 Å². The van der Waals surface area contributed by atoms with Crippen LogP contribution < -0.4 is 0 Å². The van der Waals surface area contributed by atoms with Crippen LogP contribution in [-0.2, 0) is 6.42 Å². The second-order valence-corrected chi connectivity index (χ2v) is 5.07. The highest BCUT2D eigenvalue weighted by Crippen LogP contribution is 2.17. The Hall–Kier alpha value is -1.43. The smallest absolute Gasteiger partial charge is 0.293 e. The molecular formula is C13H23N5O. The number of carbonyl (C=O) groups excluding carboxylic acids is 1. The summed E-state index contributed by atoms with van der Waals surface area (Å²) >= 11 is 0. The third-order valence-corrected chi connectivity index (χ3v) is 3.79. The molecule has 1 amide bonds. The molecule has 6 heteroatoms. The molecule has 1 aromatic rings. The van der Waals surface area contributed by atoms with E-state index in [1.807, 2.05) is 14.0 Å². The number of hydrogen-bond acceptors (Lipinski definition) is 4. The van der Waals surface area contributed by atoms with Gasteiger partial charge in [-0.1, -0.05) is 13.8 Å². The number of carbonyl (C=O) groups is 1. The van der Waals surface area contributed by atoms with Crippen molar-refractivity contribution in [3.05, 3.63) is 11.6 Å². The van der Waals surface area contributed by atoms with E-state index in [-0.39, 0.29) is 11.7 Å². The van der Waals surface area contributed by atoms with Crippen LogP contribution in [0.25, 0.3) is 0 Å². The summed E-state index contributed by atoms with van der Waals surface area (Å²) in [7, 11) is 1.83. The van der Waals surface area contributed by atoms with Gasteiger partial charge in [0.15, 0.2) is 0 Å². The van der Waals surface area contributed by atoms with Gasteiger partial charge in [0.25, 0.3) is 5.91 Å². The summed E-state index contributed by atoms with van der Waals surface area (Å²) in [6.45, 7) is 7.10. The normalized spacial score (nSPS) is 19.8. The number of nitrogens with one attached hydrogen (secondary N) is 1. The second-order valence-electron chi connectivity index (χ2n) is 5.07. The third-order valence-electron chi connectivity index (χ3n) is 3.79. The molecule has 1 aliphatic rings. The molecule has 1 saturated heterocycles. The lowest BCUT2D eigenvalue weighted by Crippen LogP contribution is -2.41. The maximum atomic E-state index is 12.2. The van der Waals surface area contributed by atoms with Crippen LogP contribution in [0.5, 0.6) is 0 Å². The highest BCUT2D eigenvalue weighted by atomic mass is 16.2. The Morgan fingerprint density at radius 1 is 1.53 bits per heavy atom. The van der Waals surface area contributed by atoms with Gasteiger partial charge in [0.2, 0.25) is 5.82 Å². The fourth-order valence-electron chi connectivity index (χ4n) is 2.64. The molecule has 1 N–H and O–H groups in total. The Morgan fingerprint density at radius 2 is 2.32 bits per heavy atom. The molecule has 1 aromatic heterocycles. The van der Waals surface area contributed by atoms with Gasteiger partial charge in [-0.05, 0) is 25.9 Å². The average molecular weight is 265 g/mol. The maximum Gasteiger partial charge on any atom is 0.293 e. The molecule has 2 heterocycles.